The summed E-state index contributed by atoms with van der Waals surface area (Å²) < 4.78 is 0. The van der Waals surface area contributed by atoms with Gasteiger partial charge in [-0.1, -0.05) is 30.3 Å². The second-order valence-electron chi connectivity index (χ2n) is 4.82. The van der Waals surface area contributed by atoms with Crippen LogP contribution in [-0.4, -0.2) is 29.7 Å². The van der Waals surface area contributed by atoms with E-state index in [1.54, 1.807) is 0 Å². The van der Waals surface area contributed by atoms with Gasteiger partial charge in [0.05, 0.1) is 6.42 Å². The third-order valence-corrected chi connectivity index (χ3v) is 3.37. The zero-order valence-electron chi connectivity index (χ0n) is 10.6. The first kappa shape index (κ1) is 13.4. The van der Waals surface area contributed by atoms with Crippen LogP contribution in [0.2, 0.25) is 0 Å². The quantitative estimate of drug-likeness (QED) is 0.755. The van der Waals surface area contributed by atoms with Crippen molar-refractivity contribution in [1.82, 2.24) is 10.6 Å². The van der Waals surface area contributed by atoms with E-state index in [4.69, 9.17) is 5.11 Å². The maximum atomic E-state index is 11.5. The van der Waals surface area contributed by atoms with Crippen LogP contribution in [0.25, 0.3) is 0 Å². The summed E-state index contributed by atoms with van der Waals surface area (Å²) in [6, 6.07) is 10.2. The van der Waals surface area contributed by atoms with Crippen molar-refractivity contribution in [2.45, 2.75) is 31.2 Å². The Bertz CT molecular complexity index is 441. The van der Waals surface area contributed by atoms with E-state index in [1.165, 1.54) is 5.56 Å². The van der Waals surface area contributed by atoms with Crippen LogP contribution in [0.5, 0.6) is 0 Å². The first-order chi connectivity index (χ1) is 9.15. The molecule has 0 atom stereocenters. The minimum atomic E-state index is -0.909. The predicted molar refractivity (Wildman–Crippen MR) is 71.0 cm³/mol. The molecule has 1 aromatic carbocycles. The number of carboxylic acid groups (broad SMARTS) is 1. The Morgan fingerprint density at radius 2 is 1.89 bits per heavy atom. The molecule has 1 fully saturated rings. The Kier molecular flexibility index (Phi) is 4.39. The van der Waals surface area contributed by atoms with Crippen molar-refractivity contribution in [3.63, 3.8) is 0 Å². The van der Waals surface area contributed by atoms with Crippen molar-refractivity contribution in [3.05, 3.63) is 35.9 Å². The molecule has 1 saturated carbocycles. The number of amides is 2. The van der Waals surface area contributed by atoms with Gasteiger partial charge in [0.1, 0.15) is 0 Å². The van der Waals surface area contributed by atoms with E-state index in [0.29, 0.717) is 5.92 Å². The second kappa shape index (κ2) is 6.22. The Hall–Kier alpha value is -2.04. The van der Waals surface area contributed by atoms with Crippen LogP contribution in [0.15, 0.2) is 30.3 Å². The molecule has 3 N–H and O–H groups in total. The standard InChI is InChI=1S/C14H18N2O3/c17-13(18)6-7-15-14(19)16-12-8-11(9-12)10-4-2-1-3-5-10/h1-5,11-12H,6-9H2,(H,17,18)(H2,15,16,19). The summed E-state index contributed by atoms with van der Waals surface area (Å²) in [4.78, 5) is 21.8. The molecule has 0 aliphatic heterocycles. The van der Waals surface area contributed by atoms with Gasteiger partial charge in [0, 0.05) is 12.6 Å². The molecule has 0 bridgehead atoms. The number of aliphatic carboxylic acids is 1. The lowest BCUT2D eigenvalue weighted by Crippen LogP contribution is -2.48. The Labute approximate surface area is 112 Å². The second-order valence-corrected chi connectivity index (χ2v) is 4.82. The van der Waals surface area contributed by atoms with E-state index >= 15 is 0 Å². The van der Waals surface area contributed by atoms with E-state index in [-0.39, 0.29) is 25.0 Å². The number of rotatable bonds is 5. The predicted octanol–water partition coefficient (Wildman–Crippen LogP) is 1.71. The topological polar surface area (TPSA) is 78.4 Å². The summed E-state index contributed by atoms with van der Waals surface area (Å²) in [6.07, 6.45) is 1.83. The van der Waals surface area contributed by atoms with Crippen molar-refractivity contribution in [1.29, 1.82) is 0 Å². The lowest BCUT2D eigenvalue weighted by Gasteiger charge is -2.36. The van der Waals surface area contributed by atoms with Gasteiger partial charge in [-0.3, -0.25) is 4.79 Å². The fraction of sp³-hybridized carbons (Fsp3) is 0.429. The van der Waals surface area contributed by atoms with Gasteiger partial charge < -0.3 is 15.7 Å². The number of carboxylic acids is 1. The number of hydrogen-bond donors (Lipinski definition) is 3. The van der Waals surface area contributed by atoms with Crippen molar-refractivity contribution >= 4 is 12.0 Å². The van der Waals surface area contributed by atoms with Crippen molar-refractivity contribution in [2.75, 3.05) is 6.54 Å². The molecule has 0 radical (unpaired) electrons. The van der Waals surface area contributed by atoms with E-state index < -0.39 is 5.97 Å². The van der Waals surface area contributed by atoms with Gasteiger partial charge in [0.25, 0.3) is 0 Å². The van der Waals surface area contributed by atoms with Crippen LogP contribution in [0.4, 0.5) is 4.79 Å². The van der Waals surface area contributed by atoms with E-state index in [0.717, 1.165) is 12.8 Å². The highest BCUT2D eigenvalue weighted by Gasteiger charge is 2.31. The number of carbonyl (C=O) groups excluding carboxylic acids is 1. The lowest BCUT2D eigenvalue weighted by molar-refractivity contribution is -0.136. The molecule has 0 aromatic heterocycles. The van der Waals surface area contributed by atoms with Crippen LogP contribution in [-0.2, 0) is 4.79 Å². The molecule has 2 amide bonds. The molecule has 0 saturated heterocycles. The van der Waals surface area contributed by atoms with Crippen LogP contribution < -0.4 is 10.6 Å². The molecule has 1 aliphatic carbocycles. The van der Waals surface area contributed by atoms with Gasteiger partial charge in [-0.25, -0.2) is 4.79 Å². The van der Waals surface area contributed by atoms with Crippen molar-refractivity contribution in [3.8, 4) is 0 Å². The molecule has 5 heteroatoms. The third kappa shape index (κ3) is 3.98. The Morgan fingerprint density at radius 1 is 1.21 bits per heavy atom. The molecule has 1 aromatic rings. The highest BCUT2D eigenvalue weighted by atomic mass is 16.4. The van der Waals surface area contributed by atoms with Crippen LogP contribution in [0.3, 0.4) is 0 Å². The Morgan fingerprint density at radius 3 is 2.53 bits per heavy atom. The number of carbonyl (C=O) groups is 2. The highest BCUT2D eigenvalue weighted by Crippen LogP contribution is 2.36. The smallest absolute Gasteiger partial charge is 0.315 e. The molecule has 0 unspecified atom stereocenters. The van der Waals surface area contributed by atoms with Gasteiger partial charge >= 0.3 is 12.0 Å². The van der Waals surface area contributed by atoms with Gasteiger partial charge in [-0.2, -0.15) is 0 Å². The summed E-state index contributed by atoms with van der Waals surface area (Å²) in [5.41, 5.74) is 1.31. The number of nitrogens with one attached hydrogen (secondary N) is 2. The minimum absolute atomic E-state index is 0.0509. The molecule has 1 aliphatic rings. The summed E-state index contributed by atoms with van der Waals surface area (Å²) in [7, 11) is 0. The van der Waals surface area contributed by atoms with Gasteiger partial charge in [-0.05, 0) is 24.3 Å². The fourth-order valence-corrected chi connectivity index (χ4v) is 2.25. The zero-order chi connectivity index (χ0) is 13.7. The van der Waals surface area contributed by atoms with E-state index in [2.05, 4.69) is 22.8 Å². The molecular formula is C14H18N2O3. The van der Waals surface area contributed by atoms with E-state index in [9.17, 15) is 9.59 Å². The highest BCUT2D eigenvalue weighted by molar-refractivity contribution is 5.75. The third-order valence-electron chi connectivity index (χ3n) is 3.37. The molecule has 19 heavy (non-hydrogen) atoms. The van der Waals surface area contributed by atoms with Gasteiger partial charge in [0.2, 0.25) is 0 Å². The first-order valence-corrected chi connectivity index (χ1v) is 6.46. The van der Waals surface area contributed by atoms with Crippen LogP contribution >= 0.6 is 0 Å². The van der Waals surface area contributed by atoms with Gasteiger partial charge in [0.15, 0.2) is 0 Å². The average Bonchev–Trinajstić information content (AvgIpc) is 2.34. The zero-order valence-corrected chi connectivity index (χ0v) is 10.6. The summed E-state index contributed by atoms with van der Waals surface area (Å²) >= 11 is 0. The number of urea groups is 1. The minimum Gasteiger partial charge on any atom is -0.481 e. The normalized spacial score (nSPS) is 21.3. The maximum absolute atomic E-state index is 11.5. The lowest BCUT2D eigenvalue weighted by atomic mass is 9.76. The largest absolute Gasteiger partial charge is 0.481 e. The molecular weight excluding hydrogens is 244 g/mol. The molecule has 0 spiro atoms. The maximum Gasteiger partial charge on any atom is 0.315 e. The summed E-state index contributed by atoms with van der Waals surface area (Å²) in [5, 5.41) is 13.8. The van der Waals surface area contributed by atoms with Crippen LogP contribution in [0.1, 0.15) is 30.7 Å². The fourth-order valence-electron chi connectivity index (χ4n) is 2.25. The van der Waals surface area contributed by atoms with Crippen molar-refractivity contribution < 1.29 is 14.7 Å². The molecule has 0 heterocycles. The number of benzene rings is 1. The molecule has 102 valence electrons. The summed E-state index contributed by atoms with van der Waals surface area (Å²) in [6.45, 7) is 0.163. The SMILES string of the molecule is O=C(O)CCNC(=O)NC1CC(c2ccccc2)C1. The summed E-state index contributed by atoms with van der Waals surface area (Å²) in [5.74, 6) is -0.390. The monoisotopic (exact) mass is 262 g/mol. The van der Waals surface area contributed by atoms with Gasteiger partial charge in [-0.15, -0.1) is 0 Å². The molecule has 2 rings (SSSR count). The van der Waals surface area contributed by atoms with Crippen molar-refractivity contribution in [2.24, 2.45) is 0 Å². The Balaban J connectivity index is 1.65. The molecule has 5 nitrogen and oxygen atoms in total. The van der Waals surface area contributed by atoms with E-state index in [1.807, 2.05) is 18.2 Å². The first-order valence-electron chi connectivity index (χ1n) is 6.46. The number of hydrogen-bond acceptors (Lipinski definition) is 2. The van der Waals surface area contributed by atoms with Crippen LogP contribution in [0, 0.1) is 0 Å². The average molecular weight is 262 g/mol.